The fourth-order valence-electron chi connectivity index (χ4n) is 3.04. The highest BCUT2D eigenvalue weighted by molar-refractivity contribution is 14.0. The number of carbonyl (C=O) groups excluding carboxylic acids is 1. The number of hydrogen-bond acceptors (Lipinski definition) is 3. The summed E-state index contributed by atoms with van der Waals surface area (Å²) in [6, 6.07) is 7.98. The van der Waals surface area contributed by atoms with Gasteiger partial charge in [-0.2, -0.15) is 0 Å². The minimum atomic E-state index is -0.0930. The van der Waals surface area contributed by atoms with Crippen LogP contribution in [-0.4, -0.2) is 50.1 Å². The maximum absolute atomic E-state index is 11.6. The molecule has 0 bridgehead atoms. The quantitative estimate of drug-likeness (QED) is 0.216. The highest BCUT2D eigenvalue weighted by Crippen LogP contribution is 2.18. The van der Waals surface area contributed by atoms with Gasteiger partial charge in [-0.3, -0.25) is 9.79 Å². The summed E-state index contributed by atoms with van der Waals surface area (Å²) in [4.78, 5) is 18.6. The molecule has 146 valence electrons. The smallest absolute Gasteiger partial charge is 0.308 e. The fourth-order valence-corrected chi connectivity index (χ4v) is 3.16. The number of piperidine rings is 1. The van der Waals surface area contributed by atoms with Crippen LogP contribution in [0, 0.1) is 5.92 Å². The Hall–Kier alpha value is -1.02. The van der Waals surface area contributed by atoms with E-state index in [0.717, 1.165) is 62.8 Å². The van der Waals surface area contributed by atoms with Crippen LogP contribution in [0.25, 0.3) is 0 Å². The van der Waals surface area contributed by atoms with Crippen molar-refractivity contribution in [3.05, 3.63) is 34.9 Å². The predicted molar refractivity (Wildman–Crippen MR) is 117 cm³/mol. The topological polar surface area (TPSA) is 53.9 Å². The Balaban J connectivity index is 0.00000338. The molecular weight excluding hydrogens is 465 g/mol. The van der Waals surface area contributed by atoms with Crippen LogP contribution in [0.15, 0.2) is 29.3 Å². The first-order chi connectivity index (χ1) is 12.1. The number of carbonyl (C=O) groups is 1. The minimum absolute atomic E-state index is 0. The number of ether oxygens (including phenoxy) is 1. The van der Waals surface area contributed by atoms with E-state index in [4.69, 9.17) is 21.3 Å². The SMILES string of the molecule is CCNC(=NCCCc1ccc(Cl)cc1)N1CCC(C(=O)OC)CC1.I. The number of aryl methyl sites for hydroxylation is 1. The van der Waals surface area contributed by atoms with Gasteiger partial charge in [-0.25, -0.2) is 0 Å². The van der Waals surface area contributed by atoms with Gasteiger partial charge in [-0.05, 0) is 50.3 Å². The summed E-state index contributed by atoms with van der Waals surface area (Å²) in [7, 11) is 1.46. The molecule has 1 aromatic carbocycles. The molecule has 0 aliphatic carbocycles. The largest absolute Gasteiger partial charge is 0.469 e. The zero-order valence-electron chi connectivity index (χ0n) is 15.5. The molecule has 1 aliphatic rings. The van der Waals surface area contributed by atoms with Crippen LogP contribution < -0.4 is 5.32 Å². The van der Waals surface area contributed by atoms with Crippen LogP contribution in [0.1, 0.15) is 31.7 Å². The van der Waals surface area contributed by atoms with Gasteiger partial charge in [-0.1, -0.05) is 23.7 Å². The van der Waals surface area contributed by atoms with Crippen LogP contribution in [-0.2, 0) is 16.0 Å². The van der Waals surface area contributed by atoms with Gasteiger partial charge in [0.15, 0.2) is 5.96 Å². The molecule has 0 amide bonds. The minimum Gasteiger partial charge on any atom is -0.469 e. The Labute approximate surface area is 178 Å². The number of likely N-dealkylation sites (tertiary alicyclic amines) is 1. The zero-order valence-corrected chi connectivity index (χ0v) is 18.6. The van der Waals surface area contributed by atoms with Gasteiger partial charge in [0.05, 0.1) is 13.0 Å². The number of methoxy groups -OCH3 is 1. The average molecular weight is 494 g/mol. The molecule has 1 aliphatic heterocycles. The number of aliphatic imine (C=N–C) groups is 1. The van der Waals surface area contributed by atoms with E-state index in [1.54, 1.807) is 0 Å². The van der Waals surface area contributed by atoms with Gasteiger partial charge in [0.1, 0.15) is 0 Å². The maximum Gasteiger partial charge on any atom is 0.308 e. The molecule has 1 heterocycles. The second-order valence-corrected chi connectivity index (χ2v) is 6.69. The number of rotatable bonds is 6. The molecule has 26 heavy (non-hydrogen) atoms. The second-order valence-electron chi connectivity index (χ2n) is 6.25. The van der Waals surface area contributed by atoms with Crippen molar-refractivity contribution in [1.29, 1.82) is 0 Å². The number of halogens is 2. The molecule has 2 rings (SSSR count). The summed E-state index contributed by atoms with van der Waals surface area (Å²) in [5, 5.41) is 4.13. The van der Waals surface area contributed by atoms with Gasteiger partial charge in [0, 0.05) is 31.2 Å². The van der Waals surface area contributed by atoms with E-state index in [0.29, 0.717) is 0 Å². The highest BCUT2D eigenvalue weighted by Gasteiger charge is 2.26. The molecular formula is C19H29ClIN3O2. The molecule has 1 aromatic rings. The van der Waals surface area contributed by atoms with Crippen LogP contribution in [0.5, 0.6) is 0 Å². The molecule has 5 nitrogen and oxygen atoms in total. The fraction of sp³-hybridized carbons (Fsp3) is 0.579. The lowest BCUT2D eigenvalue weighted by atomic mass is 9.97. The summed E-state index contributed by atoms with van der Waals surface area (Å²) in [6.45, 7) is 5.37. The number of guanidine groups is 1. The monoisotopic (exact) mass is 493 g/mol. The van der Waals surface area contributed by atoms with Crippen LogP contribution in [0.4, 0.5) is 0 Å². The van der Waals surface area contributed by atoms with Gasteiger partial charge >= 0.3 is 5.97 Å². The summed E-state index contributed by atoms with van der Waals surface area (Å²) >= 11 is 5.91. The predicted octanol–water partition coefficient (Wildman–Crippen LogP) is 3.74. The molecule has 0 aromatic heterocycles. The van der Waals surface area contributed by atoms with Crippen molar-refractivity contribution in [1.82, 2.24) is 10.2 Å². The summed E-state index contributed by atoms with van der Waals surface area (Å²) in [5.41, 5.74) is 1.28. The lowest BCUT2D eigenvalue weighted by Gasteiger charge is -2.33. The standard InChI is InChI=1S/C19H28ClN3O2.HI/c1-3-21-19(23-13-10-16(11-14-23)18(24)25-2)22-12-4-5-15-6-8-17(20)9-7-15;/h6-9,16H,3-5,10-14H2,1-2H3,(H,21,22);1H. The molecule has 1 N–H and O–H groups in total. The Morgan fingerprint density at radius 2 is 1.96 bits per heavy atom. The van der Waals surface area contributed by atoms with E-state index in [1.165, 1.54) is 12.7 Å². The number of esters is 1. The average Bonchev–Trinajstić information content (AvgIpc) is 2.65. The lowest BCUT2D eigenvalue weighted by Crippen LogP contribution is -2.46. The Bertz CT molecular complexity index is 573. The van der Waals surface area contributed by atoms with Gasteiger partial charge < -0.3 is 15.0 Å². The second kappa shape index (κ2) is 12.4. The lowest BCUT2D eigenvalue weighted by molar-refractivity contribution is -0.146. The molecule has 0 spiro atoms. The molecule has 0 atom stereocenters. The van der Waals surface area contributed by atoms with Crippen molar-refractivity contribution in [2.75, 3.05) is 33.3 Å². The third-order valence-corrected chi connectivity index (χ3v) is 4.71. The van der Waals surface area contributed by atoms with E-state index >= 15 is 0 Å². The van der Waals surface area contributed by atoms with E-state index in [1.807, 2.05) is 12.1 Å². The Morgan fingerprint density at radius 1 is 1.31 bits per heavy atom. The number of nitrogens with zero attached hydrogens (tertiary/aromatic N) is 2. The van der Waals surface area contributed by atoms with E-state index in [-0.39, 0.29) is 35.9 Å². The van der Waals surface area contributed by atoms with Crippen molar-refractivity contribution in [3.63, 3.8) is 0 Å². The number of hydrogen-bond donors (Lipinski definition) is 1. The van der Waals surface area contributed by atoms with E-state index in [9.17, 15) is 4.79 Å². The highest BCUT2D eigenvalue weighted by atomic mass is 127. The summed E-state index contributed by atoms with van der Waals surface area (Å²) < 4.78 is 4.85. The summed E-state index contributed by atoms with van der Waals surface area (Å²) in [5.74, 6) is 0.875. The zero-order chi connectivity index (χ0) is 18.1. The first-order valence-corrected chi connectivity index (χ1v) is 9.37. The normalized spacial score (nSPS) is 15.3. The number of benzene rings is 1. The number of nitrogens with one attached hydrogen (secondary N) is 1. The van der Waals surface area contributed by atoms with Crippen molar-refractivity contribution < 1.29 is 9.53 Å². The third-order valence-electron chi connectivity index (χ3n) is 4.46. The van der Waals surface area contributed by atoms with Crippen molar-refractivity contribution in [3.8, 4) is 0 Å². The molecule has 1 fully saturated rings. The Morgan fingerprint density at radius 3 is 2.54 bits per heavy atom. The van der Waals surface area contributed by atoms with Crippen LogP contribution in [0.2, 0.25) is 5.02 Å². The molecule has 0 radical (unpaired) electrons. The van der Waals surface area contributed by atoms with Crippen molar-refractivity contribution in [2.24, 2.45) is 10.9 Å². The van der Waals surface area contributed by atoms with Crippen LogP contribution >= 0.6 is 35.6 Å². The molecule has 0 saturated carbocycles. The van der Waals surface area contributed by atoms with Crippen LogP contribution in [0.3, 0.4) is 0 Å². The molecule has 0 unspecified atom stereocenters. The molecule has 7 heteroatoms. The van der Waals surface area contributed by atoms with E-state index < -0.39 is 0 Å². The van der Waals surface area contributed by atoms with E-state index in [2.05, 4.69) is 29.3 Å². The first-order valence-electron chi connectivity index (χ1n) is 8.99. The molecule has 1 saturated heterocycles. The van der Waals surface area contributed by atoms with Gasteiger partial charge in [0.25, 0.3) is 0 Å². The Kier molecular flexibility index (Phi) is 11.0. The first kappa shape index (κ1) is 23.0. The summed E-state index contributed by atoms with van der Waals surface area (Å²) in [6.07, 6.45) is 3.63. The van der Waals surface area contributed by atoms with Gasteiger partial charge in [0.2, 0.25) is 0 Å². The van der Waals surface area contributed by atoms with Gasteiger partial charge in [-0.15, -0.1) is 24.0 Å². The third kappa shape index (κ3) is 7.31. The maximum atomic E-state index is 11.6. The van der Waals surface area contributed by atoms with Crippen molar-refractivity contribution in [2.45, 2.75) is 32.6 Å². The van der Waals surface area contributed by atoms with Crippen molar-refractivity contribution >= 4 is 47.5 Å².